The minimum atomic E-state index is -0.720. The Morgan fingerprint density at radius 3 is 2.44 bits per heavy atom. The molecule has 0 fully saturated rings. The summed E-state index contributed by atoms with van der Waals surface area (Å²) in [4.78, 5) is 41.8. The van der Waals surface area contributed by atoms with Crippen LogP contribution in [0.5, 0.6) is 0 Å². The molecular formula is C17H12BrN5O4. The molecule has 3 rings (SSSR count). The molecule has 0 spiro atoms. The number of hydrogen-bond donors (Lipinski definition) is 3. The van der Waals surface area contributed by atoms with E-state index < -0.39 is 16.7 Å². The van der Waals surface area contributed by atoms with Crippen LogP contribution in [-0.2, 0) is 0 Å². The van der Waals surface area contributed by atoms with Crippen molar-refractivity contribution in [3.05, 3.63) is 80.8 Å². The first-order valence-electron chi connectivity index (χ1n) is 7.61. The number of H-pyrrole nitrogens is 1. The van der Waals surface area contributed by atoms with E-state index in [0.717, 1.165) is 4.47 Å². The lowest BCUT2D eigenvalue weighted by Gasteiger charge is -2.07. The van der Waals surface area contributed by atoms with E-state index in [1.807, 2.05) is 0 Å². The molecule has 0 unspecified atom stereocenters. The Hall–Kier alpha value is -3.53. The SMILES string of the molecule is O=C(Nc1ccc(Br)cc1)c1nc[nH]c1C(=O)Nc1ccccc1[N+](=O)[O-]. The molecule has 0 aliphatic heterocycles. The minimum Gasteiger partial charge on any atom is -0.340 e. The fourth-order valence-electron chi connectivity index (χ4n) is 2.29. The van der Waals surface area contributed by atoms with Crippen molar-refractivity contribution in [2.45, 2.75) is 0 Å². The number of benzene rings is 2. The molecule has 9 nitrogen and oxygen atoms in total. The van der Waals surface area contributed by atoms with Crippen molar-refractivity contribution in [1.29, 1.82) is 0 Å². The van der Waals surface area contributed by atoms with Gasteiger partial charge in [-0.2, -0.15) is 0 Å². The first-order chi connectivity index (χ1) is 13.0. The Morgan fingerprint density at radius 1 is 1.04 bits per heavy atom. The average Bonchev–Trinajstić information content (AvgIpc) is 3.14. The number of imidazole rings is 1. The standard InChI is InChI=1S/C17H12BrN5O4/c18-10-5-7-11(8-6-10)21-16(24)14-15(20-9-19-14)17(25)22-12-3-1-2-4-13(12)23(26)27/h1-9H,(H,19,20)(H,21,24)(H,22,25). The quantitative estimate of drug-likeness (QED) is 0.421. The highest BCUT2D eigenvalue weighted by molar-refractivity contribution is 9.10. The van der Waals surface area contributed by atoms with Gasteiger partial charge >= 0.3 is 0 Å². The van der Waals surface area contributed by atoms with Crippen molar-refractivity contribution in [3.8, 4) is 0 Å². The van der Waals surface area contributed by atoms with E-state index in [1.165, 1.54) is 24.5 Å². The highest BCUT2D eigenvalue weighted by Gasteiger charge is 2.23. The number of aromatic nitrogens is 2. The first kappa shape index (κ1) is 18.3. The smallest absolute Gasteiger partial charge is 0.292 e. The van der Waals surface area contributed by atoms with Gasteiger partial charge in [0, 0.05) is 16.2 Å². The molecule has 0 saturated carbocycles. The van der Waals surface area contributed by atoms with Crippen molar-refractivity contribution >= 4 is 44.8 Å². The van der Waals surface area contributed by atoms with Crippen LogP contribution in [0.15, 0.2) is 59.3 Å². The Balaban J connectivity index is 1.80. The number of halogens is 1. The van der Waals surface area contributed by atoms with Crippen LogP contribution >= 0.6 is 15.9 Å². The van der Waals surface area contributed by atoms with Gasteiger partial charge in [0.05, 0.1) is 11.3 Å². The van der Waals surface area contributed by atoms with Crippen LogP contribution in [0.25, 0.3) is 0 Å². The summed E-state index contributed by atoms with van der Waals surface area (Å²) < 4.78 is 0.852. The number of nitrogens with zero attached hydrogens (tertiary/aromatic N) is 2. The summed E-state index contributed by atoms with van der Waals surface area (Å²) in [5, 5.41) is 16.1. The summed E-state index contributed by atoms with van der Waals surface area (Å²) >= 11 is 3.30. The van der Waals surface area contributed by atoms with Gasteiger partial charge in [0.2, 0.25) is 0 Å². The van der Waals surface area contributed by atoms with Crippen LogP contribution in [0.1, 0.15) is 21.0 Å². The Bertz CT molecular complexity index is 1020. The number of nitro groups is 1. The second-order valence-electron chi connectivity index (χ2n) is 5.32. The van der Waals surface area contributed by atoms with Gasteiger partial charge < -0.3 is 15.6 Å². The summed E-state index contributed by atoms with van der Waals surface area (Å²) in [6, 6.07) is 12.6. The molecule has 0 radical (unpaired) electrons. The predicted molar refractivity (Wildman–Crippen MR) is 102 cm³/mol. The molecule has 0 atom stereocenters. The van der Waals surface area contributed by atoms with Crippen LogP contribution in [0.4, 0.5) is 17.1 Å². The van der Waals surface area contributed by atoms with Crippen LogP contribution in [-0.4, -0.2) is 26.7 Å². The lowest BCUT2D eigenvalue weighted by Crippen LogP contribution is -2.20. The molecule has 1 heterocycles. The fourth-order valence-corrected chi connectivity index (χ4v) is 2.55. The molecular weight excluding hydrogens is 418 g/mol. The number of rotatable bonds is 5. The topological polar surface area (TPSA) is 130 Å². The van der Waals surface area contributed by atoms with E-state index in [2.05, 4.69) is 36.5 Å². The zero-order chi connectivity index (χ0) is 19.4. The summed E-state index contributed by atoms with van der Waals surface area (Å²) in [6.45, 7) is 0. The molecule has 3 N–H and O–H groups in total. The molecule has 2 aromatic carbocycles. The Labute approximate surface area is 161 Å². The zero-order valence-corrected chi connectivity index (χ0v) is 15.2. The Kier molecular flexibility index (Phi) is 5.27. The van der Waals surface area contributed by atoms with Crippen molar-refractivity contribution in [3.63, 3.8) is 0 Å². The number of nitrogens with one attached hydrogen (secondary N) is 3. The van der Waals surface area contributed by atoms with Gasteiger partial charge in [-0.15, -0.1) is 0 Å². The molecule has 0 aliphatic rings. The van der Waals surface area contributed by atoms with Gasteiger partial charge in [0.25, 0.3) is 17.5 Å². The molecule has 0 bridgehead atoms. The normalized spacial score (nSPS) is 10.3. The van der Waals surface area contributed by atoms with Crippen molar-refractivity contribution < 1.29 is 14.5 Å². The van der Waals surface area contributed by atoms with Gasteiger partial charge in [-0.05, 0) is 30.3 Å². The van der Waals surface area contributed by atoms with E-state index >= 15 is 0 Å². The lowest BCUT2D eigenvalue weighted by atomic mass is 10.2. The summed E-state index contributed by atoms with van der Waals surface area (Å²) in [6.07, 6.45) is 1.20. The van der Waals surface area contributed by atoms with Crippen molar-refractivity contribution in [2.24, 2.45) is 0 Å². The maximum absolute atomic E-state index is 12.5. The largest absolute Gasteiger partial charge is 0.340 e. The monoisotopic (exact) mass is 429 g/mol. The number of amides is 2. The zero-order valence-electron chi connectivity index (χ0n) is 13.6. The van der Waals surface area contributed by atoms with E-state index in [-0.39, 0.29) is 22.8 Å². The summed E-state index contributed by atoms with van der Waals surface area (Å²) in [7, 11) is 0. The van der Waals surface area contributed by atoms with Gasteiger partial charge in [-0.1, -0.05) is 28.1 Å². The highest BCUT2D eigenvalue weighted by Crippen LogP contribution is 2.24. The Morgan fingerprint density at radius 2 is 1.74 bits per heavy atom. The second-order valence-corrected chi connectivity index (χ2v) is 6.23. The van der Waals surface area contributed by atoms with Crippen LogP contribution in [0.3, 0.4) is 0 Å². The third-order valence-corrected chi connectivity index (χ3v) is 4.06. The van der Waals surface area contributed by atoms with Crippen molar-refractivity contribution in [1.82, 2.24) is 9.97 Å². The van der Waals surface area contributed by atoms with E-state index in [0.29, 0.717) is 5.69 Å². The van der Waals surface area contributed by atoms with E-state index in [4.69, 9.17) is 0 Å². The third-order valence-electron chi connectivity index (χ3n) is 3.53. The first-order valence-corrected chi connectivity index (χ1v) is 8.40. The number of carbonyl (C=O) groups excluding carboxylic acids is 2. The number of anilines is 2. The summed E-state index contributed by atoms with van der Waals surface area (Å²) in [5.41, 5.74) is 0.0422. The number of nitro benzene ring substituents is 1. The fraction of sp³-hybridized carbons (Fsp3) is 0. The van der Waals surface area contributed by atoms with E-state index in [9.17, 15) is 19.7 Å². The minimum absolute atomic E-state index is 0.0152. The molecule has 1 aromatic heterocycles. The van der Waals surface area contributed by atoms with Gasteiger partial charge in [0.1, 0.15) is 11.4 Å². The molecule has 10 heteroatoms. The lowest BCUT2D eigenvalue weighted by molar-refractivity contribution is -0.383. The third kappa shape index (κ3) is 4.18. The summed E-state index contributed by atoms with van der Waals surface area (Å²) in [5.74, 6) is -1.31. The predicted octanol–water partition coefficient (Wildman–Crippen LogP) is 3.59. The van der Waals surface area contributed by atoms with Gasteiger partial charge in [-0.25, -0.2) is 4.98 Å². The number of hydrogen-bond acceptors (Lipinski definition) is 5. The molecule has 0 saturated heterocycles. The van der Waals surface area contributed by atoms with Crippen LogP contribution in [0, 0.1) is 10.1 Å². The molecule has 3 aromatic rings. The van der Waals surface area contributed by atoms with E-state index in [1.54, 1.807) is 30.3 Å². The maximum Gasteiger partial charge on any atom is 0.292 e. The molecule has 136 valence electrons. The van der Waals surface area contributed by atoms with Gasteiger partial charge in [0.15, 0.2) is 5.69 Å². The van der Waals surface area contributed by atoms with Crippen molar-refractivity contribution in [2.75, 3.05) is 10.6 Å². The molecule has 2 amide bonds. The van der Waals surface area contributed by atoms with Crippen LogP contribution in [0.2, 0.25) is 0 Å². The number of carbonyl (C=O) groups is 2. The number of aromatic amines is 1. The van der Waals surface area contributed by atoms with Crippen LogP contribution < -0.4 is 10.6 Å². The molecule has 27 heavy (non-hydrogen) atoms. The number of para-hydroxylation sites is 2. The second kappa shape index (κ2) is 7.79. The maximum atomic E-state index is 12.5. The highest BCUT2D eigenvalue weighted by atomic mass is 79.9. The average molecular weight is 430 g/mol. The van der Waals surface area contributed by atoms with Gasteiger partial charge in [-0.3, -0.25) is 19.7 Å². The molecule has 0 aliphatic carbocycles.